The van der Waals surface area contributed by atoms with Crippen LogP contribution in [0.3, 0.4) is 0 Å². The minimum absolute atomic E-state index is 0.116. The Morgan fingerprint density at radius 2 is 2.24 bits per heavy atom. The molecule has 0 aliphatic carbocycles. The number of nitrogens with two attached hydrogens (primary N) is 1. The standard InChI is InChI=1S/C10H12N6O7S2/c1-23-14-6(5-3-24-9(11)13-5)7(17)12-4-2-16(8(4)18)25(21,22)15-10(19)20/h3-4,15H,2H2,1H3,(H2,11,13)(H,12,17)(H,19,20)/t4-/m0/s1. The molecule has 0 bridgehead atoms. The molecule has 13 nitrogen and oxygen atoms in total. The fourth-order valence-electron chi connectivity index (χ4n) is 1.80. The van der Waals surface area contributed by atoms with Gasteiger partial charge in [0.15, 0.2) is 10.8 Å². The highest BCUT2D eigenvalue weighted by Crippen LogP contribution is 2.16. The molecule has 2 heterocycles. The van der Waals surface area contributed by atoms with Crippen LogP contribution in [0.1, 0.15) is 5.69 Å². The van der Waals surface area contributed by atoms with Crippen LogP contribution in [0.2, 0.25) is 0 Å². The van der Waals surface area contributed by atoms with Gasteiger partial charge in [-0.2, -0.15) is 8.42 Å². The Labute approximate surface area is 144 Å². The molecule has 1 atom stereocenters. The zero-order valence-corrected chi connectivity index (χ0v) is 14.1. The number of hydrogen-bond donors (Lipinski definition) is 4. The van der Waals surface area contributed by atoms with Crippen LogP contribution >= 0.6 is 11.3 Å². The fraction of sp³-hybridized carbons (Fsp3) is 0.300. The minimum Gasteiger partial charge on any atom is -0.464 e. The largest absolute Gasteiger partial charge is 0.464 e. The topological polar surface area (TPSA) is 193 Å². The molecular weight excluding hydrogens is 380 g/mol. The third kappa shape index (κ3) is 3.94. The Hall–Kier alpha value is -2.94. The molecule has 1 aromatic rings. The van der Waals surface area contributed by atoms with Crippen molar-refractivity contribution in [3.8, 4) is 0 Å². The van der Waals surface area contributed by atoms with Gasteiger partial charge < -0.3 is 21.0 Å². The van der Waals surface area contributed by atoms with E-state index < -0.39 is 40.7 Å². The fourth-order valence-corrected chi connectivity index (χ4v) is 3.39. The number of β-lactam (4-membered cyclic amide) rings is 1. The van der Waals surface area contributed by atoms with Gasteiger partial charge in [-0.1, -0.05) is 5.16 Å². The number of oxime groups is 1. The lowest BCUT2D eigenvalue weighted by molar-refractivity contribution is -0.139. The van der Waals surface area contributed by atoms with Crippen LogP contribution in [0.4, 0.5) is 9.93 Å². The average Bonchev–Trinajstić information content (AvgIpc) is 2.92. The summed E-state index contributed by atoms with van der Waals surface area (Å²) in [5.74, 6) is -1.84. The lowest BCUT2D eigenvalue weighted by atomic mass is 10.1. The van der Waals surface area contributed by atoms with Gasteiger partial charge in [-0.25, -0.2) is 18.8 Å². The van der Waals surface area contributed by atoms with Gasteiger partial charge in [-0.3, -0.25) is 9.59 Å². The van der Waals surface area contributed by atoms with Crippen molar-refractivity contribution >= 4 is 50.3 Å². The quantitative estimate of drug-likeness (QED) is 0.239. The van der Waals surface area contributed by atoms with Crippen LogP contribution in [-0.4, -0.2) is 66.1 Å². The predicted molar refractivity (Wildman–Crippen MR) is 83.8 cm³/mol. The predicted octanol–water partition coefficient (Wildman–Crippen LogP) is -2.08. The minimum atomic E-state index is -4.52. The lowest BCUT2D eigenvalue weighted by Gasteiger charge is -2.36. The molecule has 136 valence electrons. The van der Waals surface area contributed by atoms with E-state index in [1.54, 1.807) is 0 Å². The first-order valence-electron chi connectivity index (χ1n) is 6.36. The summed E-state index contributed by atoms with van der Waals surface area (Å²) in [4.78, 5) is 42.9. The van der Waals surface area contributed by atoms with Gasteiger partial charge in [-0.15, -0.1) is 11.3 Å². The van der Waals surface area contributed by atoms with E-state index in [1.807, 2.05) is 0 Å². The number of carbonyl (C=O) groups excluding carboxylic acids is 2. The molecule has 1 aliphatic heterocycles. The van der Waals surface area contributed by atoms with Crippen molar-refractivity contribution in [3.05, 3.63) is 11.1 Å². The maximum Gasteiger partial charge on any atom is 0.419 e. The Morgan fingerprint density at radius 1 is 1.56 bits per heavy atom. The second kappa shape index (κ2) is 6.89. The number of nitrogens with zero attached hydrogens (tertiary/aromatic N) is 3. The molecule has 0 radical (unpaired) electrons. The molecule has 0 saturated carbocycles. The van der Waals surface area contributed by atoms with Crippen LogP contribution in [0.5, 0.6) is 0 Å². The van der Waals surface area contributed by atoms with Gasteiger partial charge in [0.05, 0.1) is 6.54 Å². The summed E-state index contributed by atoms with van der Waals surface area (Å²) < 4.78 is 24.6. The molecule has 0 aromatic carbocycles. The van der Waals surface area contributed by atoms with Gasteiger partial charge in [-0.05, 0) is 0 Å². The Bertz CT molecular complexity index is 848. The number of anilines is 1. The normalized spacial score (nSPS) is 17.6. The van der Waals surface area contributed by atoms with Gasteiger partial charge in [0.2, 0.25) is 0 Å². The van der Waals surface area contributed by atoms with Gasteiger partial charge in [0.1, 0.15) is 18.8 Å². The molecule has 1 aromatic heterocycles. The van der Waals surface area contributed by atoms with Crippen molar-refractivity contribution in [1.82, 2.24) is 19.3 Å². The first kappa shape index (κ1) is 18.4. The zero-order chi connectivity index (χ0) is 18.8. The van der Waals surface area contributed by atoms with E-state index in [0.29, 0.717) is 0 Å². The van der Waals surface area contributed by atoms with E-state index >= 15 is 0 Å². The smallest absolute Gasteiger partial charge is 0.419 e. The SMILES string of the molecule is CON=C(C(=O)N[C@H]1CN(S(=O)(=O)NC(=O)O)C1=O)c1csc(N)n1. The number of amides is 3. The Balaban J connectivity index is 2.06. The van der Waals surface area contributed by atoms with Crippen LogP contribution in [0, 0.1) is 0 Å². The van der Waals surface area contributed by atoms with Crippen molar-refractivity contribution in [3.63, 3.8) is 0 Å². The summed E-state index contributed by atoms with van der Waals surface area (Å²) >= 11 is 1.06. The first-order valence-corrected chi connectivity index (χ1v) is 8.68. The molecule has 3 amide bonds. The zero-order valence-electron chi connectivity index (χ0n) is 12.5. The van der Waals surface area contributed by atoms with Gasteiger partial charge in [0, 0.05) is 5.38 Å². The molecule has 25 heavy (non-hydrogen) atoms. The van der Waals surface area contributed by atoms with E-state index in [1.165, 1.54) is 17.2 Å². The average molecular weight is 392 g/mol. The highest BCUT2D eigenvalue weighted by atomic mass is 32.2. The number of carbonyl (C=O) groups is 3. The summed E-state index contributed by atoms with van der Waals surface area (Å²) in [5, 5.41) is 15.8. The third-order valence-electron chi connectivity index (χ3n) is 2.87. The van der Waals surface area contributed by atoms with Crippen molar-refractivity contribution in [2.75, 3.05) is 19.4 Å². The van der Waals surface area contributed by atoms with Gasteiger partial charge >= 0.3 is 16.3 Å². The van der Waals surface area contributed by atoms with E-state index in [-0.39, 0.29) is 20.8 Å². The highest BCUT2D eigenvalue weighted by Gasteiger charge is 2.46. The Morgan fingerprint density at radius 3 is 2.72 bits per heavy atom. The molecule has 0 spiro atoms. The Kier molecular flexibility index (Phi) is 5.07. The molecule has 5 N–H and O–H groups in total. The number of thiazole rings is 1. The molecule has 1 saturated heterocycles. The third-order valence-corrected chi connectivity index (χ3v) is 4.88. The number of carboxylic acid groups (broad SMARTS) is 1. The van der Waals surface area contributed by atoms with E-state index in [4.69, 9.17) is 10.8 Å². The summed E-state index contributed by atoms with van der Waals surface area (Å²) in [6.45, 7) is -0.438. The van der Waals surface area contributed by atoms with Crippen LogP contribution in [0.15, 0.2) is 10.5 Å². The molecule has 2 rings (SSSR count). The second-order valence-electron chi connectivity index (χ2n) is 4.50. The first-order chi connectivity index (χ1) is 11.7. The van der Waals surface area contributed by atoms with Crippen LogP contribution in [-0.2, 0) is 24.6 Å². The number of nitrogen functional groups attached to an aromatic ring is 1. The van der Waals surface area contributed by atoms with Gasteiger partial charge in [0.25, 0.3) is 11.8 Å². The summed E-state index contributed by atoms with van der Waals surface area (Å²) in [5.41, 5.74) is 5.34. The number of rotatable bonds is 6. The van der Waals surface area contributed by atoms with E-state index in [0.717, 1.165) is 11.3 Å². The molecule has 1 aliphatic rings. The molecule has 0 unspecified atom stereocenters. The van der Waals surface area contributed by atoms with E-state index in [2.05, 4.69) is 20.3 Å². The maximum absolute atomic E-state index is 12.2. The number of hydrogen-bond acceptors (Lipinski definition) is 10. The summed E-state index contributed by atoms with van der Waals surface area (Å²) in [7, 11) is -3.32. The van der Waals surface area contributed by atoms with Crippen LogP contribution < -0.4 is 15.8 Å². The monoisotopic (exact) mass is 392 g/mol. The maximum atomic E-state index is 12.2. The van der Waals surface area contributed by atoms with Crippen molar-refractivity contribution in [2.45, 2.75) is 6.04 Å². The van der Waals surface area contributed by atoms with E-state index in [9.17, 15) is 22.8 Å². The molecular formula is C10H12N6O7S2. The van der Waals surface area contributed by atoms with Crippen LogP contribution in [0.25, 0.3) is 0 Å². The number of aromatic nitrogens is 1. The molecule has 15 heteroatoms. The number of nitrogens with one attached hydrogen (secondary N) is 2. The summed E-state index contributed by atoms with van der Waals surface area (Å²) in [6, 6.07) is -1.17. The lowest BCUT2D eigenvalue weighted by Crippen LogP contribution is -2.67. The second-order valence-corrected chi connectivity index (χ2v) is 6.99. The summed E-state index contributed by atoms with van der Waals surface area (Å²) in [6.07, 6.45) is -1.84. The molecule has 1 fully saturated rings. The van der Waals surface area contributed by atoms with Crippen molar-refractivity contribution in [2.24, 2.45) is 5.16 Å². The highest BCUT2D eigenvalue weighted by molar-refractivity contribution is 7.88. The van der Waals surface area contributed by atoms with Crippen molar-refractivity contribution in [1.29, 1.82) is 0 Å². The van der Waals surface area contributed by atoms with Crippen molar-refractivity contribution < 1.29 is 32.7 Å².